The molecule has 0 radical (unpaired) electrons. The molecule has 1 unspecified atom stereocenters. The van der Waals surface area contributed by atoms with E-state index >= 15 is 0 Å². The molecule has 2 aromatic rings. The number of rotatable bonds is 5. The Morgan fingerprint density at radius 3 is 2.71 bits per heavy atom. The summed E-state index contributed by atoms with van der Waals surface area (Å²) in [5.41, 5.74) is 1.17. The van der Waals surface area contributed by atoms with E-state index in [0.29, 0.717) is 0 Å². The Morgan fingerprint density at radius 2 is 2.06 bits per heavy atom. The SMILES string of the molecule is CCC(Nc1ccccc1SC)c1ccco1. The van der Waals surface area contributed by atoms with Gasteiger partial charge in [-0.25, -0.2) is 0 Å². The molecule has 0 amide bonds. The van der Waals surface area contributed by atoms with Gasteiger partial charge in [0, 0.05) is 10.6 Å². The molecule has 0 bridgehead atoms. The van der Waals surface area contributed by atoms with Crippen LogP contribution in [0.25, 0.3) is 0 Å². The minimum atomic E-state index is 0.235. The van der Waals surface area contributed by atoms with Crippen molar-refractivity contribution in [1.29, 1.82) is 0 Å². The lowest BCUT2D eigenvalue weighted by molar-refractivity contribution is 0.473. The molecule has 2 nitrogen and oxygen atoms in total. The Hall–Kier alpha value is -1.35. The number of para-hydroxylation sites is 1. The summed E-state index contributed by atoms with van der Waals surface area (Å²) in [6, 6.07) is 12.5. The Morgan fingerprint density at radius 1 is 1.24 bits per heavy atom. The van der Waals surface area contributed by atoms with Gasteiger partial charge >= 0.3 is 0 Å². The number of thioether (sulfide) groups is 1. The second-order valence-electron chi connectivity index (χ2n) is 3.82. The van der Waals surface area contributed by atoms with Crippen LogP contribution in [0.4, 0.5) is 5.69 Å². The molecule has 0 aliphatic rings. The molecule has 1 aromatic heterocycles. The Labute approximate surface area is 106 Å². The van der Waals surface area contributed by atoms with Crippen molar-refractivity contribution in [2.24, 2.45) is 0 Å². The summed E-state index contributed by atoms with van der Waals surface area (Å²) in [6.07, 6.45) is 4.81. The smallest absolute Gasteiger partial charge is 0.125 e. The molecular formula is C14H17NOS. The van der Waals surface area contributed by atoms with Crippen molar-refractivity contribution < 1.29 is 4.42 Å². The first kappa shape index (κ1) is 12.1. The summed E-state index contributed by atoms with van der Waals surface area (Å²) in [6.45, 7) is 2.15. The van der Waals surface area contributed by atoms with Crippen molar-refractivity contribution in [2.75, 3.05) is 11.6 Å². The molecule has 2 rings (SSSR count). The molecule has 0 saturated carbocycles. The molecule has 1 N–H and O–H groups in total. The molecule has 0 fully saturated rings. The number of nitrogens with one attached hydrogen (secondary N) is 1. The fraction of sp³-hybridized carbons (Fsp3) is 0.286. The molecule has 0 aliphatic carbocycles. The van der Waals surface area contributed by atoms with Gasteiger partial charge in [0.25, 0.3) is 0 Å². The number of furan rings is 1. The van der Waals surface area contributed by atoms with Gasteiger partial charge in [0.1, 0.15) is 5.76 Å². The van der Waals surface area contributed by atoms with Gasteiger partial charge in [0.05, 0.1) is 12.3 Å². The summed E-state index contributed by atoms with van der Waals surface area (Å²) in [5, 5.41) is 3.54. The maximum Gasteiger partial charge on any atom is 0.125 e. The topological polar surface area (TPSA) is 25.2 Å². The Balaban J connectivity index is 2.18. The summed E-state index contributed by atoms with van der Waals surface area (Å²) >= 11 is 1.75. The maximum atomic E-state index is 5.46. The lowest BCUT2D eigenvalue weighted by atomic mass is 10.1. The van der Waals surface area contributed by atoms with Gasteiger partial charge in [-0.3, -0.25) is 0 Å². The number of hydrogen-bond donors (Lipinski definition) is 1. The summed E-state index contributed by atoms with van der Waals surface area (Å²) in [7, 11) is 0. The van der Waals surface area contributed by atoms with Gasteiger partial charge in [0.15, 0.2) is 0 Å². The van der Waals surface area contributed by atoms with E-state index in [0.717, 1.165) is 12.2 Å². The molecular weight excluding hydrogens is 230 g/mol. The summed E-state index contributed by atoms with van der Waals surface area (Å²) in [5.74, 6) is 0.989. The minimum Gasteiger partial charge on any atom is -0.467 e. The lowest BCUT2D eigenvalue weighted by Gasteiger charge is -2.18. The predicted molar refractivity (Wildman–Crippen MR) is 73.6 cm³/mol. The molecule has 1 atom stereocenters. The largest absolute Gasteiger partial charge is 0.467 e. The van der Waals surface area contributed by atoms with Gasteiger partial charge in [-0.1, -0.05) is 19.1 Å². The van der Waals surface area contributed by atoms with E-state index in [4.69, 9.17) is 4.42 Å². The van der Waals surface area contributed by atoms with Gasteiger partial charge in [-0.05, 0) is 36.9 Å². The molecule has 1 aromatic carbocycles. The molecule has 17 heavy (non-hydrogen) atoms. The van der Waals surface area contributed by atoms with E-state index < -0.39 is 0 Å². The molecule has 90 valence electrons. The highest BCUT2D eigenvalue weighted by atomic mass is 32.2. The van der Waals surface area contributed by atoms with Crippen molar-refractivity contribution in [3.8, 4) is 0 Å². The quantitative estimate of drug-likeness (QED) is 0.784. The monoisotopic (exact) mass is 247 g/mol. The second kappa shape index (κ2) is 5.82. The Bertz CT molecular complexity index is 453. The minimum absolute atomic E-state index is 0.235. The highest BCUT2D eigenvalue weighted by Crippen LogP contribution is 2.29. The molecule has 0 spiro atoms. The first-order chi connectivity index (χ1) is 8.35. The fourth-order valence-corrected chi connectivity index (χ4v) is 2.38. The number of benzene rings is 1. The van der Waals surface area contributed by atoms with Crippen molar-refractivity contribution in [2.45, 2.75) is 24.3 Å². The van der Waals surface area contributed by atoms with Crippen LogP contribution in [0.1, 0.15) is 25.1 Å². The van der Waals surface area contributed by atoms with Crippen LogP contribution < -0.4 is 5.32 Å². The standard InChI is InChI=1S/C14H17NOS/c1-3-11(13-8-6-10-16-13)15-12-7-4-5-9-14(12)17-2/h4-11,15H,3H2,1-2H3. The average molecular weight is 247 g/mol. The van der Waals surface area contributed by atoms with Crippen molar-refractivity contribution in [3.05, 3.63) is 48.4 Å². The van der Waals surface area contributed by atoms with Gasteiger partial charge in [-0.2, -0.15) is 0 Å². The van der Waals surface area contributed by atoms with Gasteiger partial charge in [0.2, 0.25) is 0 Å². The summed E-state index contributed by atoms with van der Waals surface area (Å²) < 4.78 is 5.46. The second-order valence-corrected chi connectivity index (χ2v) is 4.67. The van der Waals surface area contributed by atoms with Crippen LogP contribution in [-0.4, -0.2) is 6.26 Å². The van der Waals surface area contributed by atoms with Gasteiger partial charge in [-0.15, -0.1) is 11.8 Å². The van der Waals surface area contributed by atoms with E-state index in [1.54, 1.807) is 18.0 Å². The lowest BCUT2D eigenvalue weighted by Crippen LogP contribution is -2.09. The van der Waals surface area contributed by atoms with E-state index in [-0.39, 0.29) is 6.04 Å². The first-order valence-electron chi connectivity index (χ1n) is 5.78. The van der Waals surface area contributed by atoms with Crippen LogP contribution in [0.15, 0.2) is 52.0 Å². The highest BCUT2D eigenvalue weighted by molar-refractivity contribution is 7.98. The molecule has 0 saturated heterocycles. The van der Waals surface area contributed by atoms with E-state index in [2.05, 4.69) is 42.8 Å². The third-order valence-electron chi connectivity index (χ3n) is 2.73. The first-order valence-corrected chi connectivity index (χ1v) is 7.00. The van der Waals surface area contributed by atoms with Crippen LogP contribution in [0, 0.1) is 0 Å². The zero-order valence-electron chi connectivity index (χ0n) is 10.1. The van der Waals surface area contributed by atoms with Crippen LogP contribution >= 0.6 is 11.8 Å². The highest BCUT2D eigenvalue weighted by Gasteiger charge is 2.13. The van der Waals surface area contributed by atoms with Crippen LogP contribution in [-0.2, 0) is 0 Å². The van der Waals surface area contributed by atoms with Crippen molar-refractivity contribution in [1.82, 2.24) is 0 Å². The average Bonchev–Trinajstić information content (AvgIpc) is 2.90. The third kappa shape index (κ3) is 2.86. The van der Waals surface area contributed by atoms with E-state index in [1.165, 1.54) is 10.6 Å². The van der Waals surface area contributed by atoms with Crippen LogP contribution in [0.2, 0.25) is 0 Å². The van der Waals surface area contributed by atoms with Crippen LogP contribution in [0.3, 0.4) is 0 Å². The van der Waals surface area contributed by atoms with Gasteiger partial charge < -0.3 is 9.73 Å². The predicted octanol–water partition coefficient (Wildman–Crippen LogP) is 4.56. The Kier molecular flexibility index (Phi) is 4.15. The molecule has 1 heterocycles. The zero-order chi connectivity index (χ0) is 12.1. The van der Waals surface area contributed by atoms with E-state index in [9.17, 15) is 0 Å². The normalized spacial score (nSPS) is 12.4. The number of anilines is 1. The van der Waals surface area contributed by atoms with Crippen molar-refractivity contribution >= 4 is 17.4 Å². The molecule has 0 aliphatic heterocycles. The van der Waals surface area contributed by atoms with Crippen molar-refractivity contribution in [3.63, 3.8) is 0 Å². The maximum absolute atomic E-state index is 5.46. The van der Waals surface area contributed by atoms with Crippen LogP contribution in [0.5, 0.6) is 0 Å². The fourth-order valence-electron chi connectivity index (χ4n) is 1.82. The van der Waals surface area contributed by atoms with E-state index in [1.807, 2.05) is 12.1 Å². The zero-order valence-corrected chi connectivity index (χ0v) is 11.0. The third-order valence-corrected chi connectivity index (χ3v) is 3.53. The molecule has 3 heteroatoms. The number of hydrogen-bond acceptors (Lipinski definition) is 3. The summed E-state index contributed by atoms with van der Waals surface area (Å²) in [4.78, 5) is 1.26.